The maximum Gasteiger partial charge on any atom is 0.300 e. The lowest BCUT2D eigenvalue weighted by atomic mass is 9.74. The molecular formula is C34H43N2O2S3+. The van der Waals surface area contributed by atoms with Crippen molar-refractivity contribution in [2.45, 2.75) is 87.9 Å². The number of aliphatic carboxylic acids is 1. The summed E-state index contributed by atoms with van der Waals surface area (Å²) in [6, 6.07) is 14.0. The average molecular weight is 608 g/mol. The minimum atomic E-state index is -0.833. The molecule has 0 bridgehead atoms. The normalized spacial score (nSPS) is 21.5. The first-order valence-corrected chi connectivity index (χ1v) is 17.9. The highest BCUT2D eigenvalue weighted by atomic mass is 32.2. The Balaban J connectivity index is 0.000000794. The van der Waals surface area contributed by atoms with Crippen molar-refractivity contribution in [1.82, 2.24) is 0 Å². The molecule has 0 saturated heterocycles. The molecule has 3 aromatic rings. The predicted octanol–water partition coefficient (Wildman–Crippen LogP) is 8.89. The van der Waals surface area contributed by atoms with Crippen LogP contribution in [0.1, 0.15) is 63.4 Å². The van der Waals surface area contributed by atoms with Crippen LogP contribution in [-0.2, 0) is 17.8 Å². The fraction of sp³-hybridized carbons (Fsp3) is 0.471. The molecule has 0 radical (unpaired) electrons. The molecule has 0 amide bonds. The van der Waals surface area contributed by atoms with Crippen LogP contribution in [0.5, 0.6) is 0 Å². The summed E-state index contributed by atoms with van der Waals surface area (Å²) in [5.74, 6) is 0.610. The standard InChI is InChI=1S/C32H39N2S3.C2H4O2/c1-5-33-27-15-21(3)7-13-29(27)36-31(33)18-22-8-10-24-11-9-23(17-25(24)16-22)19-32-34(6-2)28-20-26(35-4)12-14-30(28)37-32;1-2(3)4/h7,12-17,20,22,24,32H,5-6,8-11,18-19H2,1-4H3;1H3,(H,3,4)/q+1;. The van der Waals surface area contributed by atoms with Crippen LogP contribution in [0.15, 0.2) is 69.5 Å². The van der Waals surface area contributed by atoms with Gasteiger partial charge in [0.15, 0.2) is 0 Å². The van der Waals surface area contributed by atoms with Crippen LogP contribution in [0, 0.1) is 18.8 Å². The van der Waals surface area contributed by atoms with Crippen molar-refractivity contribution in [2.24, 2.45) is 11.8 Å². The zero-order chi connectivity index (χ0) is 29.1. The quantitative estimate of drug-likeness (QED) is 0.215. The van der Waals surface area contributed by atoms with Gasteiger partial charge < -0.3 is 10.0 Å². The summed E-state index contributed by atoms with van der Waals surface area (Å²) < 4.78 is 4.00. The van der Waals surface area contributed by atoms with Crippen molar-refractivity contribution in [3.8, 4) is 0 Å². The van der Waals surface area contributed by atoms with E-state index in [9.17, 15) is 0 Å². The molecule has 41 heavy (non-hydrogen) atoms. The Hall–Kier alpha value is -2.22. The molecule has 0 fully saturated rings. The predicted molar refractivity (Wildman–Crippen MR) is 177 cm³/mol. The van der Waals surface area contributed by atoms with Crippen molar-refractivity contribution in [1.29, 1.82) is 0 Å². The number of aryl methyl sites for hydroxylation is 2. The highest BCUT2D eigenvalue weighted by Crippen LogP contribution is 2.48. The Morgan fingerprint density at radius 2 is 1.93 bits per heavy atom. The summed E-state index contributed by atoms with van der Waals surface area (Å²) >= 11 is 5.93. The van der Waals surface area contributed by atoms with Crippen LogP contribution in [-0.4, -0.2) is 29.3 Å². The lowest BCUT2D eigenvalue weighted by molar-refractivity contribution is -0.671. The van der Waals surface area contributed by atoms with Crippen molar-refractivity contribution >= 4 is 56.7 Å². The summed E-state index contributed by atoms with van der Waals surface area (Å²) in [6.07, 6.45) is 15.1. The molecule has 218 valence electrons. The summed E-state index contributed by atoms with van der Waals surface area (Å²) in [7, 11) is 0. The first-order chi connectivity index (χ1) is 19.8. The number of allylic oxidation sites excluding steroid dienone is 3. The van der Waals surface area contributed by atoms with Gasteiger partial charge in [0.25, 0.3) is 5.97 Å². The second-order valence-corrected chi connectivity index (χ2v) is 14.6. The van der Waals surface area contributed by atoms with E-state index >= 15 is 0 Å². The van der Waals surface area contributed by atoms with Gasteiger partial charge in [-0.3, -0.25) is 4.79 Å². The minimum Gasteiger partial charge on any atom is -0.481 e. The number of rotatable bonds is 7. The number of aromatic nitrogens is 1. The van der Waals surface area contributed by atoms with Crippen LogP contribution in [0.2, 0.25) is 0 Å². The Bertz CT molecular complexity index is 1470. The van der Waals surface area contributed by atoms with Gasteiger partial charge in [0, 0.05) is 35.7 Å². The fourth-order valence-electron chi connectivity index (χ4n) is 6.57. The maximum atomic E-state index is 9.00. The molecule has 2 heterocycles. The molecule has 7 heteroatoms. The smallest absolute Gasteiger partial charge is 0.300 e. The Labute approximate surface area is 257 Å². The van der Waals surface area contributed by atoms with Crippen molar-refractivity contribution in [2.75, 3.05) is 17.7 Å². The number of carboxylic acids is 1. The van der Waals surface area contributed by atoms with Crippen molar-refractivity contribution in [3.63, 3.8) is 0 Å². The molecule has 0 saturated carbocycles. The third kappa shape index (κ3) is 6.89. The van der Waals surface area contributed by atoms with Gasteiger partial charge in [-0.05, 0) is 106 Å². The number of thiazole rings is 1. The highest BCUT2D eigenvalue weighted by molar-refractivity contribution is 8.00. The Kier molecular flexibility index (Phi) is 9.88. The third-order valence-corrected chi connectivity index (χ3v) is 11.7. The number of carbonyl (C=O) groups is 1. The summed E-state index contributed by atoms with van der Waals surface area (Å²) in [5, 5.41) is 9.50. The van der Waals surface area contributed by atoms with E-state index < -0.39 is 5.97 Å². The molecule has 2 aromatic carbocycles. The lowest BCUT2D eigenvalue weighted by Gasteiger charge is -2.33. The zero-order valence-electron chi connectivity index (χ0n) is 25.0. The van der Waals surface area contributed by atoms with Gasteiger partial charge >= 0.3 is 0 Å². The number of hydrogen-bond acceptors (Lipinski definition) is 5. The minimum absolute atomic E-state index is 0.533. The van der Waals surface area contributed by atoms with Crippen molar-refractivity contribution in [3.05, 3.63) is 70.3 Å². The van der Waals surface area contributed by atoms with Gasteiger partial charge in [0.1, 0.15) is 11.2 Å². The number of hydrogen-bond donors (Lipinski definition) is 1. The van der Waals surface area contributed by atoms with Gasteiger partial charge in [-0.2, -0.15) is 4.57 Å². The van der Waals surface area contributed by atoms with Gasteiger partial charge in [-0.15, -0.1) is 11.8 Å². The number of carboxylic acid groups (broad SMARTS) is 1. The van der Waals surface area contributed by atoms with E-state index in [2.05, 4.69) is 96.8 Å². The Morgan fingerprint density at radius 1 is 1.12 bits per heavy atom. The largest absolute Gasteiger partial charge is 0.481 e. The SMILES string of the molecule is CC(=O)O.CCN1c2cc(SC)ccc2SC1CC1=CC2=CC(Cc3sc4ccc(C)cc4[n+]3CC)CCC2CC1. The summed E-state index contributed by atoms with van der Waals surface area (Å²) in [6.45, 7) is 10.0. The van der Waals surface area contributed by atoms with Crippen LogP contribution in [0.25, 0.3) is 10.2 Å². The van der Waals surface area contributed by atoms with E-state index in [0.29, 0.717) is 11.3 Å². The number of benzene rings is 2. The molecule has 3 aliphatic rings. The summed E-state index contributed by atoms with van der Waals surface area (Å²) in [5.41, 5.74) is 7.53. The Morgan fingerprint density at radius 3 is 2.66 bits per heavy atom. The zero-order valence-corrected chi connectivity index (χ0v) is 27.4. The molecule has 1 aromatic heterocycles. The maximum absolute atomic E-state index is 9.00. The van der Waals surface area contributed by atoms with E-state index in [0.717, 1.165) is 25.9 Å². The first kappa shape index (κ1) is 30.2. The van der Waals surface area contributed by atoms with E-state index in [-0.39, 0.29) is 0 Å². The number of nitrogens with zero attached hydrogens (tertiary/aromatic N) is 2. The second kappa shape index (κ2) is 13.4. The molecule has 3 unspecified atom stereocenters. The lowest BCUT2D eigenvalue weighted by Crippen LogP contribution is -2.36. The van der Waals surface area contributed by atoms with Gasteiger partial charge in [0.2, 0.25) is 10.5 Å². The molecule has 3 atom stereocenters. The topological polar surface area (TPSA) is 44.4 Å². The van der Waals surface area contributed by atoms with Gasteiger partial charge in [0.05, 0.1) is 11.1 Å². The molecule has 1 N–H and O–H groups in total. The van der Waals surface area contributed by atoms with Gasteiger partial charge in [-0.25, -0.2) is 0 Å². The summed E-state index contributed by atoms with van der Waals surface area (Å²) in [4.78, 5) is 14.5. The number of thioether (sulfide) groups is 2. The molecule has 4 nitrogen and oxygen atoms in total. The number of anilines is 1. The van der Waals surface area contributed by atoms with Crippen LogP contribution >= 0.6 is 34.9 Å². The van der Waals surface area contributed by atoms with E-state index in [1.807, 2.05) is 23.1 Å². The van der Waals surface area contributed by atoms with Crippen LogP contribution < -0.4 is 9.47 Å². The molecule has 1 aliphatic heterocycles. The monoisotopic (exact) mass is 607 g/mol. The molecule has 0 spiro atoms. The van der Waals surface area contributed by atoms with E-state index in [4.69, 9.17) is 9.90 Å². The van der Waals surface area contributed by atoms with Crippen LogP contribution in [0.4, 0.5) is 5.69 Å². The molecular weight excluding hydrogens is 565 g/mol. The van der Waals surface area contributed by atoms with Crippen LogP contribution in [0.3, 0.4) is 0 Å². The van der Waals surface area contributed by atoms with E-state index in [1.54, 1.807) is 16.2 Å². The van der Waals surface area contributed by atoms with Crippen molar-refractivity contribution < 1.29 is 14.5 Å². The molecule has 6 rings (SSSR count). The molecule has 2 aliphatic carbocycles. The number of fused-ring (bicyclic) bond motifs is 3. The van der Waals surface area contributed by atoms with Gasteiger partial charge in [-0.1, -0.05) is 46.9 Å². The highest BCUT2D eigenvalue weighted by Gasteiger charge is 2.33. The first-order valence-electron chi connectivity index (χ1n) is 14.9. The fourth-order valence-corrected chi connectivity index (χ4v) is 9.72. The average Bonchev–Trinajstić information content (AvgIpc) is 3.47. The van der Waals surface area contributed by atoms with E-state index in [1.165, 1.54) is 69.8 Å². The third-order valence-electron chi connectivity index (χ3n) is 8.52. The second-order valence-electron chi connectivity index (χ2n) is 11.4.